The number of nitrogens with zero attached hydrogens (tertiary/aromatic N) is 2. The molecule has 0 aliphatic carbocycles. The van der Waals surface area contributed by atoms with E-state index in [9.17, 15) is 9.59 Å². The summed E-state index contributed by atoms with van der Waals surface area (Å²) in [4.78, 5) is 32.4. The molecule has 1 aromatic heterocycles. The topological polar surface area (TPSA) is 56.4 Å². The molecule has 0 bridgehead atoms. The van der Waals surface area contributed by atoms with Gasteiger partial charge in [-0.1, -0.05) is 36.4 Å². The van der Waals surface area contributed by atoms with E-state index in [0.717, 1.165) is 35.0 Å². The van der Waals surface area contributed by atoms with Gasteiger partial charge < -0.3 is 14.8 Å². The van der Waals surface area contributed by atoms with Crippen molar-refractivity contribution in [1.82, 2.24) is 9.88 Å². The van der Waals surface area contributed by atoms with Crippen molar-refractivity contribution in [3.05, 3.63) is 66.4 Å². The highest BCUT2D eigenvalue weighted by Gasteiger charge is 2.29. The van der Waals surface area contributed by atoms with Crippen LogP contribution in [0.5, 0.6) is 0 Å². The number of piperidine rings is 1. The van der Waals surface area contributed by atoms with Crippen LogP contribution in [-0.2, 0) is 16.0 Å². The van der Waals surface area contributed by atoms with Crippen LogP contribution in [0.15, 0.2) is 60.8 Å². The number of carbonyl (C=O) groups excluding carboxylic acids is 2. The number of fused-ring (bicyclic) bond motifs is 1. The number of amides is 2. The van der Waals surface area contributed by atoms with Gasteiger partial charge in [-0.25, -0.2) is 0 Å². The number of benzene rings is 2. The van der Waals surface area contributed by atoms with Crippen molar-refractivity contribution in [3.8, 4) is 0 Å². The molecule has 1 N–H and O–H groups in total. The van der Waals surface area contributed by atoms with E-state index in [1.165, 1.54) is 0 Å². The van der Waals surface area contributed by atoms with Crippen LogP contribution in [-0.4, -0.2) is 41.8 Å². The number of likely N-dealkylation sites (tertiary alicyclic amines) is 1. The Balaban J connectivity index is 1.34. The highest BCUT2D eigenvalue weighted by Crippen LogP contribution is 2.24. The van der Waals surface area contributed by atoms with Gasteiger partial charge in [-0.15, -0.1) is 0 Å². The highest BCUT2D eigenvalue weighted by molar-refractivity contribution is 5.95. The Morgan fingerprint density at radius 2 is 1.71 bits per heavy atom. The number of aromatic amines is 1. The first kappa shape index (κ1) is 18.3. The zero-order valence-electron chi connectivity index (χ0n) is 16.1. The fourth-order valence-electron chi connectivity index (χ4n) is 3.98. The molecule has 0 saturated carbocycles. The minimum atomic E-state index is -0.0256. The van der Waals surface area contributed by atoms with Crippen LogP contribution in [0, 0.1) is 5.92 Å². The van der Waals surface area contributed by atoms with Gasteiger partial charge in [0.05, 0.1) is 6.42 Å². The highest BCUT2D eigenvalue weighted by atomic mass is 16.2. The molecule has 1 fully saturated rings. The Morgan fingerprint density at radius 3 is 2.46 bits per heavy atom. The molecule has 3 aromatic rings. The number of anilines is 1. The molecule has 5 nitrogen and oxygen atoms in total. The van der Waals surface area contributed by atoms with E-state index < -0.39 is 0 Å². The van der Waals surface area contributed by atoms with Gasteiger partial charge in [0.25, 0.3) is 0 Å². The van der Waals surface area contributed by atoms with Crippen molar-refractivity contribution in [3.63, 3.8) is 0 Å². The number of rotatable bonds is 4. The number of nitrogens with one attached hydrogen (secondary N) is 1. The summed E-state index contributed by atoms with van der Waals surface area (Å²) in [7, 11) is 1.83. The predicted octanol–water partition coefficient (Wildman–Crippen LogP) is 3.61. The molecule has 0 atom stereocenters. The van der Waals surface area contributed by atoms with E-state index in [1.807, 2.05) is 72.7 Å². The maximum atomic E-state index is 12.8. The Kier molecular flexibility index (Phi) is 5.15. The second-order valence-electron chi connectivity index (χ2n) is 7.42. The summed E-state index contributed by atoms with van der Waals surface area (Å²) in [5, 5.41) is 1.10. The summed E-state index contributed by atoms with van der Waals surface area (Å²) >= 11 is 0. The lowest BCUT2D eigenvalue weighted by Crippen LogP contribution is -2.44. The molecule has 2 aromatic carbocycles. The molecular weight excluding hydrogens is 350 g/mol. The maximum absolute atomic E-state index is 12.8. The van der Waals surface area contributed by atoms with Crippen LogP contribution in [0.1, 0.15) is 18.4 Å². The predicted molar refractivity (Wildman–Crippen MR) is 111 cm³/mol. The molecular formula is C23H25N3O2. The maximum Gasteiger partial charge on any atom is 0.229 e. The fourth-order valence-corrected chi connectivity index (χ4v) is 3.98. The van der Waals surface area contributed by atoms with Crippen LogP contribution in [0.3, 0.4) is 0 Å². The Morgan fingerprint density at radius 1 is 1.04 bits per heavy atom. The largest absolute Gasteiger partial charge is 0.361 e. The van der Waals surface area contributed by atoms with E-state index in [4.69, 9.17) is 0 Å². The van der Waals surface area contributed by atoms with Gasteiger partial charge in [0.1, 0.15) is 0 Å². The number of carbonyl (C=O) groups is 2. The summed E-state index contributed by atoms with van der Waals surface area (Å²) in [6, 6.07) is 17.7. The normalized spacial score (nSPS) is 15.0. The molecule has 0 unspecified atom stereocenters. The van der Waals surface area contributed by atoms with Gasteiger partial charge in [0.15, 0.2) is 0 Å². The summed E-state index contributed by atoms with van der Waals surface area (Å²) in [6.07, 6.45) is 3.76. The monoisotopic (exact) mass is 375 g/mol. The number of para-hydroxylation sites is 2. The molecule has 5 heteroatoms. The van der Waals surface area contributed by atoms with Crippen LogP contribution in [0.4, 0.5) is 5.69 Å². The van der Waals surface area contributed by atoms with E-state index >= 15 is 0 Å². The molecule has 28 heavy (non-hydrogen) atoms. The van der Waals surface area contributed by atoms with Gasteiger partial charge in [0.2, 0.25) is 11.8 Å². The lowest BCUT2D eigenvalue weighted by Gasteiger charge is -2.33. The van der Waals surface area contributed by atoms with Crippen molar-refractivity contribution in [2.75, 3.05) is 25.0 Å². The SMILES string of the molecule is CN(C(=O)C1CCN(C(=O)Cc2c[nH]c3ccccc23)CC1)c1ccccc1. The molecule has 2 amide bonds. The van der Waals surface area contributed by atoms with Crippen molar-refractivity contribution < 1.29 is 9.59 Å². The lowest BCUT2D eigenvalue weighted by atomic mass is 9.94. The molecule has 1 saturated heterocycles. The Bertz CT molecular complexity index is 972. The fraction of sp³-hybridized carbons (Fsp3) is 0.304. The molecule has 1 aliphatic rings. The number of aromatic nitrogens is 1. The van der Waals surface area contributed by atoms with E-state index in [2.05, 4.69) is 4.98 Å². The minimum absolute atomic E-state index is 0.0256. The van der Waals surface area contributed by atoms with Crippen molar-refractivity contribution in [2.24, 2.45) is 5.92 Å². The van der Waals surface area contributed by atoms with Gasteiger partial charge in [-0.2, -0.15) is 0 Å². The lowest BCUT2D eigenvalue weighted by molar-refractivity contribution is -0.134. The zero-order chi connectivity index (χ0) is 19.5. The molecule has 0 spiro atoms. The van der Waals surface area contributed by atoms with Crippen LogP contribution >= 0.6 is 0 Å². The van der Waals surface area contributed by atoms with E-state index in [0.29, 0.717) is 19.5 Å². The van der Waals surface area contributed by atoms with Gasteiger partial charge in [-0.05, 0) is 36.6 Å². The average molecular weight is 375 g/mol. The third-order valence-corrected chi connectivity index (χ3v) is 5.69. The van der Waals surface area contributed by atoms with Crippen molar-refractivity contribution >= 4 is 28.4 Å². The standard InChI is InChI=1S/C23H25N3O2/c1-25(19-7-3-2-4-8-19)23(28)17-11-13-26(14-12-17)22(27)15-18-16-24-21-10-6-5-9-20(18)21/h2-10,16-17,24H,11-15H2,1H3. The first-order valence-corrected chi connectivity index (χ1v) is 9.79. The van der Waals surface area contributed by atoms with E-state index in [-0.39, 0.29) is 17.7 Å². The van der Waals surface area contributed by atoms with Gasteiger partial charge in [-0.3, -0.25) is 9.59 Å². The smallest absolute Gasteiger partial charge is 0.229 e. The minimum Gasteiger partial charge on any atom is -0.361 e. The third kappa shape index (κ3) is 3.65. The molecule has 1 aliphatic heterocycles. The van der Waals surface area contributed by atoms with Crippen molar-refractivity contribution in [1.29, 1.82) is 0 Å². The first-order chi connectivity index (χ1) is 13.6. The summed E-state index contributed by atoms with van der Waals surface area (Å²) < 4.78 is 0. The molecule has 4 rings (SSSR count). The van der Waals surface area contributed by atoms with Gasteiger partial charge >= 0.3 is 0 Å². The quantitative estimate of drug-likeness (QED) is 0.757. The molecule has 2 heterocycles. The van der Waals surface area contributed by atoms with Gasteiger partial charge in [0, 0.05) is 48.8 Å². The second-order valence-corrected chi connectivity index (χ2v) is 7.42. The Labute approximate surface area is 165 Å². The van der Waals surface area contributed by atoms with Crippen LogP contribution in [0.25, 0.3) is 10.9 Å². The summed E-state index contributed by atoms with van der Waals surface area (Å²) in [5.74, 6) is 0.240. The number of H-pyrrole nitrogens is 1. The molecule has 144 valence electrons. The van der Waals surface area contributed by atoms with Crippen molar-refractivity contribution in [2.45, 2.75) is 19.3 Å². The summed E-state index contributed by atoms with van der Waals surface area (Å²) in [6.45, 7) is 1.28. The number of hydrogen-bond acceptors (Lipinski definition) is 2. The van der Waals surface area contributed by atoms with Crippen LogP contribution in [0.2, 0.25) is 0 Å². The summed E-state index contributed by atoms with van der Waals surface area (Å²) in [5.41, 5.74) is 2.99. The number of hydrogen-bond donors (Lipinski definition) is 1. The average Bonchev–Trinajstić information content (AvgIpc) is 3.16. The Hall–Kier alpha value is -3.08. The first-order valence-electron chi connectivity index (χ1n) is 9.79. The zero-order valence-corrected chi connectivity index (χ0v) is 16.1. The van der Waals surface area contributed by atoms with Crippen LogP contribution < -0.4 is 4.90 Å². The van der Waals surface area contributed by atoms with E-state index in [1.54, 1.807) is 4.90 Å². The third-order valence-electron chi connectivity index (χ3n) is 5.69. The molecule has 0 radical (unpaired) electrons. The second kappa shape index (κ2) is 7.89.